The zero-order valence-corrected chi connectivity index (χ0v) is 12.8. The van der Waals surface area contributed by atoms with Crippen LogP contribution in [0.5, 0.6) is 0 Å². The zero-order chi connectivity index (χ0) is 14.8. The Morgan fingerprint density at radius 2 is 2.05 bits per heavy atom. The van der Waals surface area contributed by atoms with Gasteiger partial charge in [0.05, 0.1) is 17.8 Å². The third-order valence-electron chi connectivity index (χ3n) is 3.67. The monoisotopic (exact) mass is 323 g/mol. The molecule has 21 heavy (non-hydrogen) atoms. The van der Waals surface area contributed by atoms with E-state index in [9.17, 15) is 4.79 Å². The van der Waals surface area contributed by atoms with Gasteiger partial charge < -0.3 is 5.32 Å². The first kappa shape index (κ1) is 14.4. The zero-order valence-electron chi connectivity index (χ0n) is 11.3. The van der Waals surface area contributed by atoms with Crippen LogP contribution in [0.4, 0.5) is 0 Å². The summed E-state index contributed by atoms with van der Waals surface area (Å²) >= 11 is 11.6. The van der Waals surface area contributed by atoms with E-state index in [2.05, 4.69) is 10.4 Å². The smallest absolute Gasteiger partial charge is 0.223 e. The summed E-state index contributed by atoms with van der Waals surface area (Å²) < 4.78 is 1.71. The highest BCUT2D eigenvalue weighted by Crippen LogP contribution is 2.47. The van der Waals surface area contributed by atoms with Crippen LogP contribution >= 0.6 is 23.2 Å². The summed E-state index contributed by atoms with van der Waals surface area (Å²) in [5, 5.41) is 8.33. The molecule has 1 amide bonds. The minimum atomic E-state index is 0.0763. The van der Waals surface area contributed by atoms with Crippen LogP contribution in [0.3, 0.4) is 0 Å². The Morgan fingerprint density at radius 1 is 1.29 bits per heavy atom. The van der Waals surface area contributed by atoms with E-state index in [4.69, 9.17) is 23.2 Å². The van der Waals surface area contributed by atoms with E-state index < -0.39 is 0 Å². The average molecular weight is 324 g/mol. The molecule has 1 heterocycles. The van der Waals surface area contributed by atoms with Crippen molar-refractivity contribution in [2.75, 3.05) is 6.54 Å². The lowest BCUT2D eigenvalue weighted by atomic mass is 10.1. The molecule has 110 valence electrons. The highest BCUT2D eigenvalue weighted by Gasteiger charge is 2.43. The van der Waals surface area contributed by atoms with E-state index in [0.717, 1.165) is 11.4 Å². The van der Waals surface area contributed by atoms with Gasteiger partial charge in [0.25, 0.3) is 0 Å². The van der Waals surface area contributed by atoms with Crippen molar-refractivity contribution in [2.45, 2.75) is 18.9 Å². The third-order valence-corrected chi connectivity index (χ3v) is 4.11. The number of aromatic nitrogens is 2. The van der Waals surface area contributed by atoms with Crippen molar-refractivity contribution in [1.29, 1.82) is 0 Å². The van der Waals surface area contributed by atoms with Crippen molar-refractivity contribution in [3.05, 3.63) is 52.3 Å². The number of rotatable bonds is 5. The van der Waals surface area contributed by atoms with Crippen molar-refractivity contribution >= 4 is 29.1 Å². The Kier molecular flexibility index (Phi) is 4.17. The minimum absolute atomic E-state index is 0.0763. The summed E-state index contributed by atoms with van der Waals surface area (Å²) in [4.78, 5) is 12.1. The number of nitrogens with one attached hydrogen (secondary N) is 1. The second-order valence-corrected chi connectivity index (χ2v) is 6.09. The number of halogens is 2. The van der Waals surface area contributed by atoms with Gasteiger partial charge in [-0.1, -0.05) is 35.3 Å². The van der Waals surface area contributed by atoms with Crippen LogP contribution in [-0.4, -0.2) is 22.2 Å². The first-order chi connectivity index (χ1) is 10.1. The Bertz CT molecular complexity index is 639. The lowest BCUT2D eigenvalue weighted by Crippen LogP contribution is -2.29. The molecule has 0 saturated heterocycles. The van der Waals surface area contributed by atoms with Gasteiger partial charge in [-0.2, -0.15) is 5.10 Å². The molecule has 1 saturated carbocycles. The molecule has 1 fully saturated rings. The standard InChI is InChI=1S/C15H15Cl2N3O/c16-11-3-1-10(2-4-11)13-7-14(13)15(21)18-5-6-20-9-12(17)8-19-20/h1-4,8-9,13-14H,5-7H2,(H,18,21). The van der Waals surface area contributed by atoms with Crippen LogP contribution in [0.1, 0.15) is 17.9 Å². The molecule has 2 unspecified atom stereocenters. The molecule has 1 aromatic carbocycles. The quantitative estimate of drug-likeness (QED) is 0.919. The number of hydrogen-bond acceptors (Lipinski definition) is 2. The fourth-order valence-corrected chi connectivity index (χ4v) is 2.73. The van der Waals surface area contributed by atoms with E-state index in [1.807, 2.05) is 24.3 Å². The normalized spacial score (nSPS) is 20.3. The number of carbonyl (C=O) groups excluding carboxylic acids is 1. The molecule has 0 bridgehead atoms. The number of hydrogen-bond donors (Lipinski definition) is 1. The number of amides is 1. The van der Waals surface area contributed by atoms with Gasteiger partial charge in [0.15, 0.2) is 0 Å². The summed E-state index contributed by atoms with van der Waals surface area (Å²) in [6.45, 7) is 1.18. The maximum Gasteiger partial charge on any atom is 0.223 e. The SMILES string of the molecule is O=C(NCCn1cc(Cl)cn1)C1CC1c1ccc(Cl)cc1. The molecule has 2 aromatic rings. The Balaban J connectivity index is 1.46. The van der Waals surface area contributed by atoms with Gasteiger partial charge in [0, 0.05) is 23.7 Å². The largest absolute Gasteiger partial charge is 0.354 e. The average Bonchev–Trinajstić information content (AvgIpc) is 3.16. The minimum Gasteiger partial charge on any atom is -0.354 e. The molecule has 3 rings (SSSR count). The molecule has 1 aliphatic rings. The maximum absolute atomic E-state index is 12.1. The van der Waals surface area contributed by atoms with Gasteiger partial charge in [0.2, 0.25) is 5.91 Å². The Hall–Kier alpha value is -1.52. The predicted octanol–water partition coefficient (Wildman–Crippen LogP) is 3.11. The van der Waals surface area contributed by atoms with Crippen molar-refractivity contribution in [2.24, 2.45) is 5.92 Å². The fraction of sp³-hybridized carbons (Fsp3) is 0.333. The summed E-state index contributed by atoms with van der Waals surface area (Å²) in [7, 11) is 0. The first-order valence-corrected chi connectivity index (χ1v) is 7.60. The van der Waals surface area contributed by atoms with Crippen LogP contribution in [0, 0.1) is 5.92 Å². The molecule has 0 radical (unpaired) electrons. The van der Waals surface area contributed by atoms with Gasteiger partial charge in [-0.05, 0) is 30.0 Å². The molecule has 1 aliphatic carbocycles. The molecular weight excluding hydrogens is 309 g/mol. The van der Waals surface area contributed by atoms with Gasteiger partial charge in [0.1, 0.15) is 0 Å². The van der Waals surface area contributed by atoms with Crippen LogP contribution in [0.15, 0.2) is 36.7 Å². The molecule has 1 N–H and O–H groups in total. The highest BCUT2D eigenvalue weighted by molar-refractivity contribution is 6.30. The van der Waals surface area contributed by atoms with Crippen LogP contribution in [0.25, 0.3) is 0 Å². The van der Waals surface area contributed by atoms with E-state index >= 15 is 0 Å². The van der Waals surface area contributed by atoms with E-state index in [1.54, 1.807) is 17.1 Å². The summed E-state index contributed by atoms with van der Waals surface area (Å²) in [6, 6.07) is 7.72. The number of carbonyl (C=O) groups is 1. The topological polar surface area (TPSA) is 46.9 Å². The van der Waals surface area contributed by atoms with Crippen LogP contribution in [0.2, 0.25) is 10.0 Å². The molecular formula is C15H15Cl2N3O. The fourth-order valence-electron chi connectivity index (χ4n) is 2.45. The van der Waals surface area contributed by atoms with E-state index in [0.29, 0.717) is 24.0 Å². The molecule has 4 nitrogen and oxygen atoms in total. The summed E-state index contributed by atoms with van der Waals surface area (Å²) in [5.41, 5.74) is 1.18. The molecule has 0 spiro atoms. The van der Waals surface area contributed by atoms with Gasteiger partial charge >= 0.3 is 0 Å². The molecule has 0 aliphatic heterocycles. The second kappa shape index (κ2) is 6.08. The van der Waals surface area contributed by atoms with E-state index in [1.165, 1.54) is 5.56 Å². The van der Waals surface area contributed by atoms with Crippen molar-refractivity contribution in [3.8, 4) is 0 Å². The molecule has 2 atom stereocenters. The van der Waals surface area contributed by atoms with Crippen molar-refractivity contribution < 1.29 is 4.79 Å². The first-order valence-electron chi connectivity index (χ1n) is 6.84. The predicted molar refractivity (Wildman–Crippen MR) is 82.5 cm³/mol. The molecule has 1 aromatic heterocycles. The lowest BCUT2D eigenvalue weighted by Gasteiger charge is -2.05. The third kappa shape index (κ3) is 3.57. The Morgan fingerprint density at radius 3 is 2.71 bits per heavy atom. The second-order valence-electron chi connectivity index (χ2n) is 5.21. The van der Waals surface area contributed by atoms with Gasteiger partial charge in [-0.25, -0.2) is 0 Å². The van der Waals surface area contributed by atoms with Crippen molar-refractivity contribution in [1.82, 2.24) is 15.1 Å². The van der Waals surface area contributed by atoms with Gasteiger partial charge in [-0.3, -0.25) is 9.48 Å². The number of benzene rings is 1. The highest BCUT2D eigenvalue weighted by atomic mass is 35.5. The Labute approximate surface area is 133 Å². The summed E-state index contributed by atoms with van der Waals surface area (Å²) in [6.07, 6.45) is 4.23. The maximum atomic E-state index is 12.1. The van der Waals surface area contributed by atoms with Crippen molar-refractivity contribution in [3.63, 3.8) is 0 Å². The van der Waals surface area contributed by atoms with Crippen LogP contribution < -0.4 is 5.32 Å². The summed E-state index contributed by atoms with van der Waals surface area (Å²) in [5.74, 6) is 0.502. The lowest BCUT2D eigenvalue weighted by molar-refractivity contribution is -0.122. The van der Waals surface area contributed by atoms with E-state index in [-0.39, 0.29) is 11.8 Å². The number of nitrogens with zero attached hydrogens (tertiary/aromatic N) is 2. The molecule has 6 heteroatoms. The van der Waals surface area contributed by atoms with Gasteiger partial charge in [-0.15, -0.1) is 0 Å². The van der Waals surface area contributed by atoms with Crippen LogP contribution in [-0.2, 0) is 11.3 Å².